The number of carboxylic acids is 1. The van der Waals surface area contributed by atoms with Gasteiger partial charge in [-0.3, -0.25) is 4.79 Å². The van der Waals surface area contributed by atoms with Crippen LogP contribution in [0.2, 0.25) is 0 Å². The molecule has 0 fully saturated rings. The second-order valence-electron chi connectivity index (χ2n) is 4.98. The second-order valence-corrected chi connectivity index (χ2v) is 4.98. The fraction of sp³-hybridized carbons (Fsp3) is 0.462. The first-order valence-corrected chi connectivity index (χ1v) is 5.48. The van der Waals surface area contributed by atoms with Gasteiger partial charge in [-0.05, 0) is 31.4 Å². The van der Waals surface area contributed by atoms with Gasteiger partial charge < -0.3 is 5.11 Å². The van der Waals surface area contributed by atoms with Gasteiger partial charge in [0.25, 0.3) is 0 Å². The molecule has 0 spiro atoms. The van der Waals surface area contributed by atoms with E-state index in [-0.39, 0.29) is 12.0 Å². The number of hydrogen-bond acceptors (Lipinski definition) is 1. The molecule has 0 aromatic heterocycles. The van der Waals surface area contributed by atoms with Crippen molar-refractivity contribution in [2.75, 3.05) is 0 Å². The molecule has 5 heteroatoms. The van der Waals surface area contributed by atoms with Crippen molar-refractivity contribution in [2.45, 2.75) is 32.9 Å². The summed E-state index contributed by atoms with van der Waals surface area (Å²) in [6, 6.07) is 5.97. The lowest BCUT2D eigenvalue weighted by Gasteiger charge is -2.19. The first-order chi connectivity index (χ1) is 8.10. The van der Waals surface area contributed by atoms with Crippen LogP contribution in [0.4, 0.5) is 13.2 Å². The zero-order valence-corrected chi connectivity index (χ0v) is 10.2. The van der Waals surface area contributed by atoms with Crippen LogP contribution in [0.1, 0.15) is 25.0 Å². The number of hydrogen-bond donors (Lipinski definition) is 1. The zero-order valence-electron chi connectivity index (χ0n) is 10.2. The maximum Gasteiger partial charge on any atom is 0.393 e. The first kappa shape index (κ1) is 14.5. The summed E-state index contributed by atoms with van der Waals surface area (Å²) >= 11 is 0. The molecule has 0 aliphatic carbocycles. The van der Waals surface area contributed by atoms with Gasteiger partial charge in [-0.15, -0.1) is 0 Å². The number of benzene rings is 1. The highest BCUT2D eigenvalue weighted by Gasteiger charge is 2.29. The van der Waals surface area contributed by atoms with E-state index >= 15 is 0 Å². The number of carboxylic acid groups (broad SMARTS) is 1. The smallest absolute Gasteiger partial charge is 0.393 e. The summed E-state index contributed by atoms with van der Waals surface area (Å²) in [6.45, 7) is 3.09. The maximum atomic E-state index is 12.2. The van der Waals surface area contributed by atoms with Gasteiger partial charge in [0.05, 0.1) is 11.8 Å². The Morgan fingerprint density at radius 1 is 1.17 bits per heavy atom. The van der Waals surface area contributed by atoms with E-state index in [1.807, 2.05) is 0 Å². The maximum absolute atomic E-state index is 12.2. The van der Waals surface area contributed by atoms with Crippen LogP contribution in [0, 0.1) is 5.41 Å². The van der Waals surface area contributed by atoms with Gasteiger partial charge in [0.15, 0.2) is 0 Å². The SMILES string of the molecule is CC(C)(Cc1cccc(CC(F)(F)F)c1)C(=O)O. The number of aliphatic carboxylic acids is 1. The summed E-state index contributed by atoms with van der Waals surface area (Å²) in [5.74, 6) is -0.969. The fourth-order valence-electron chi connectivity index (χ4n) is 1.67. The van der Waals surface area contributed by atoms with Gasteiger partial charge in [-0.2, -0.15) is 13.2 Å². The molecule has 0 aliphatic heterocycles. The van der Waals surface area contributed by atoms with Crippen molar-refractivity contribution in [3.05, 3.63) is 35.4 Å². The van der Waals surface area contributed by atoms with Crippen LogP contribution in [-0.4, -0.2) is 17.3 Å². The lowest BCUT2D eigenvalue weighted by atomic mass is 9.85. The normalized spacial score (nSPS) is 12.5. The van der Waals surface area contributed by atoms with E-state index in [1.165, 1.54) is 18.2 Å². The number of rotatable bonds is 4. The summed E-state index contributed by atoms with van der Waals surface area (Å²) in [5.41, 5.74) is -0.234. The Bertz CT molecular complexity index is 436. The van der Waals surface area contributed by atoms with Crippen molar-refractivity contribution in [1.29, 1.82) is 0 Å². The van der Waals surface area contributed by atoms with Crippen molar-refractivity contribution in [3.63, 3.8) is 0 Å². The Hall–Kier alpha value is -1.52. The summed E-state index contributed by atoms with van der Waals surface area (Å²) in [4.78, 5) is 11.0. The predicted octanol–water partition coefficient (Wildman–Crippen LogP) is 3.44. The van der Waals surface area contributed by atoms with Crippen LogP contribution < -0.4 is 0 Å². The molecule has 0 heterocycles. The Morgan fingerprint density at radius 3 is 2.11 bits per heavy atom. The summed E-state index contributed by atoms with van der Waals surface area (Å²) in [6.07, 6.45) is -5.04. The minimum absolute atomic E-state index is 0.154. The molecule has 0 atom stereocenters. The van der Waals surface area contributed by atoms with E-state index in [9.17, 15) is 18.0 Å². The van der Waals surface area contributed by atoms with E-state index in [0.717, 1.165) is 0 Å². The highest BCUT2D eigenvalue weighted by atomic mass is 19.4. The molecule has 0 bridgehead atoms. The molecule has 1 N–H and O–H groups in total. The lowest BCUT2D eigenvalue weighted by Crippen LogP contribution is -2.26. The summed E-state index contributed by atoms with van der Waals surface area (Å²) in [5, 5.41) is 8.98. The average molecular weight is 260 g/mol. The summed E-state index contributed by atoms with van der Waals surface area (Å²) < 4.78 is 36.7. The van der Waals surface area contributed by atoms with E-state index in [4.69, 9.17) is 5.11 Å². The molecule has 1 aromatic rings. The molecule has 0 saturated carbocycles. The van der Waals surface area contributed by atoms with Gasteiger partial charge in [0.2, 0.25) is 0 Å². The first-order valence-electron chi connectivity index (χ1n) is 5.48. The number of carbonyl (C=O) groups is 1. The molecular formula is C13H15F3O2. The second kappa shape index (κ2) is 5.00. The van der Waals surface area contributed by atoms with E-state index in [1.54, 1.807) is 19.9 Å². The minimum Gasteiger partial charge on any atom is -0.481 e. The highest BCUT2D eigenvalue weighted by molar-refractivity contribution is 5.74. The summed E-state index contributed by atoms with van der Waals surface area (Å²) in [7, 11) is 0. The standard InChI is InChI=1S/C13H15F3O2/c1-12(2,11(17)18)7-9-4-3-5-10(6-9)8-13(14,15)16/h3-6H,7-8H2,1-2H3,(H,17,18). The van der Waals surface area contributed by atoms with Crippen LogP contribution in [0.25, 0.3) is 0 Å². The quantitative estimate of drug-likeness (QED) is 0.900. The highest BCUT2D eigenvalue weighted by Crippen LogP contribution is 2.25. The molecule has 0 amide bonds. The Morgan fingerprint density at radius 2 is 1.67 bits per heavy atom. The van der Waals surface area contributed by atoms with Gasteiger partial charge in [0, 0.05) is 0 Å². The van der Waals surface area contributed by atoms with E-state index < -0.39 is 24.0 Å². The van der Waals surface area contributed by atoms with Crippen LogP contribution >= 0.6 is 0 Å². The van der Waals surface area contributed by atoms with Gasteiger partial charge in [-0.1, -0.05) is 24.3 Å². The molecule has 0 saturated heterocycles. The fourth-order valence-corrected chi connectivity index (χ4v) is 1.67. The molecule has 18 heavy (non-hydrogen) atoms. The van der Waals surface area contributed by atoms with Crippen molar-refractivity contribution < 1.29 is 23.1 Å². The monoisotopic (exact) mass is 260 g/mol. The van der Waals surface area contributed by atoms with Gasteiger partial charge in [-0.25, -0.2) is 0 Å². The largest absolute Gasteiger partial charge is 0.481 e. The van der Waals surface area contributed by atoms with Crippen LogP contribution in [-0.2, 0) is 17.6 Å². The topological polar surface area (TPSA) is 37.3 Å². The van der Waals surface area contributed by atoms with Crippen LogP contribution in [0.5, 0.6) is 0 Å². The number of alkyl halides is 3. The van der Waals surface area contributed by atoms with Gasteiger partial charge >= 0.3 is 12.1 Å². The van der Waals surface area contributed by atoms with Crippen LogP contribution in [0.3, 0.4) is 0 Å². The molecule has 100 valence electrons. The molecular weight excluding hydrogens is 245 g/mol. The van der Waals surface area contributed by atoms with Crippen LogP contribution in [0.15, 0.2) is 24.3 Å². The molecule has 0 unspecified atom stereocenters. The Balaban J connectivity index is 2.86. The third-order valence-electron chi connectivity index (χ3n) is 2.62. The van der Waals surface area contributed by atoms with Gasteiger partial charge in [0.1, 0.15) is 0 Å². The third-order valence-corrected chi connectivity index (χ3v) is 2.62. The zero-order chi connectivity index (χ0) is 14.0. The average Bonchev–Trinajstić information content (AvgIpc) is 2.13. The third kappa shape index (κ3) is 4.39. The minimum atomic E-state index is -4.25. The van der Waals surface area contributed by atoms with E-state index in [0.29, 0.717) is 5.56 Å². The Labute approximate surface area is 103 Å². The molecule has 1 aromatic carbocycles. The molecule has 2 nitrogen and oxygen atoms in total. The van der Waals surface area contributed by atoms with Crippen molar-refractivity contribution >= 4 is 5.97 Å². The van der Waals surface area contributed by atoms with Crippen molar-refractivity contribution in [3.8, 4) is 0 Å². The molecule has 1 rings (SSSR count). The van der Waals surface area contributed by atoms with Crippen molar-refractivity contribution in [2.24, 2.45) is 5.41 Å². The van der Waals surface area contributed by atoms with Crippen molar-refractivity contribution in [1.82, 2.24) is 0 Å². The molecule has 0 radical (unpaired) electrons. The Kier molecular flexibility index (Phi) is 4.04. The molecule has 0 aliphatic rings. The predicted molar refractivity (Wildman–Crippen MR) is 61.3 cm³/mol. The van der Waals surface area contributed by atoms with E-state index in [2.05, 4.69) is 0 Å². The lowest BCUT2D eigenvalue weighted by molar-refractivity contribution is -0.146. The number of halogens is 3.